The predicted octanol–water partition coefficient (Wildman–Crippen LogP) is 2.56. The van der Waals surface area contributed by atoms with Crippen molar-refractivity contribution in [2.24, 2.45) is 0 Å². The molecule has 0 N–H and O–H groups in total. The van der Waals surface area contributed by atoms with E-state index in [1.165, 1.54) is 0 Å². The predicted molar refractivity (Wildman–Crippen MR) is 70.1 cm³/mol. The smallest absolute Gasteiger partial charge is 0.249 e. The Hall–Kier alpha value is -0.830. The van der Waals surface area contributed by atoms with Crippen LogP contribution < -0.4 is 0 Å². The van der Waals surface area contributed by atoms with E-state index in [1.807, 2.05) is 0 Å². The zero-order valence-electron chi connectivity index (χ0n) is 11.2. The van der Waals surface area contributed by atoms with Crippen LogP contribution in [0.5, 0.6) is 0 Å². The molecule has 2 atom stereocenters. The van der Waals surface area contributed by atoms with Crippen LogP contribution in [0.25, 0.3) is 0 Å². The van der Waals surface area contributed by atoms with Crippen LogP contribution in [0.4, 0.5) is 13.2 Å². The molecular formula is C12H13ClF3NO3S. The van der Waals surface area contributed by atoms with E-state index in [4.69, 9.17) is 16.3 Å². The second-order valence-electron chi connectivity index (χ2n) is 4.88. The molecule has 0 radical (unpaired) electrons. The molecule has 1 aliphatic heterocycles. The zero-order valence-corrected chi connectivity index (χ0v) is 12.8. The van der Waals surface area contributed by atoms with Crippen molar-refractivity contribution in [1.29, 1.82) is 0 Å². The molecule has 1 aromatic rings. The first-order valence-electron chi connectivity index (χ1n) is 6.13. The van der Waals surface area contributed by atoms with Gasteiger partial charge in [0, 0.05) is 19.2 Å². The first-order valence-corrected chi connectivity index (χ1v) is 7.95. The number of nitrogens with zero attached hydrogens (tertiary/aromatic N) is 1. The van der Waals surface area contributed by atoms with E-state index in [0.29, 0.717) is 0 Å². The summed E-state index contributed by atoms with van der Waals surface area (Å²) in [6.07, 6.45) is -0.851. The summed E-state index contributed by atoms with van der Waals surface area (Å²) in [5, 5.41) is -1.05. The molecule has 0 spiro atoms. The number of hydrogen-bond donors (Lipinski definition) is 0. The van der Waals surface area contributed by atoms with Crippen LogP contribution in [-0.4, -0.2) is 38.0 Å². The molecule has 118 valence electrons. The van der Waals surface area contributed by atoms with Crippen LogP contribution in [0.2, 0.25) is 5.02 Å². The van der Waals surface area contributed by atoms with Crippen LogP contribution in [0.1, 0.15) is 13.8 Å². The Morgan fingerprint density at radius 3 is 2.24 bits per heavy atom. The monoisotopic (exact) mass is 343 g/mol. The molecule has 2 rings (SSSR count). The van der Waals surface area contributed by atoms with E-state index in [-0.39, 0.29) is 19.2 Å². The van der Waals surface area contributed by atoms with E-state index in [9.17, 15) is 21.6 Å². The van der Waals surface area contributed by atoms with Crippen molar-refractivity contribution in [3.05, 3.63) is 28.5 Å². The van der Waals surface area contributed by atoms with Gasteiger partial charge in [0.1, 0.15) is 16.7 Å². The number of sulfonamides is 1. The lowest BCUT2D eigenvalue weighted by molar-refractivity contribution is -0.0441. The summed E-state index contributed by atoms with van der Waals surface area (Å²) < 4.78 is 71.9. The van der Waals surface area contributed by atoms with Crippen LogP contribution in [0, 0.1) is 17.5 Å². The molecule has 0 bridgehead atoms. The summed E-state index contributed by atoms with van der Waals surface area (Å²) in [5.74, 6) is -4.49. The topological polar surface area (TPSA) is 46.6 Å². The molecule has 0 amide bonds. The molecule has 0 aromatic heterocycles. The standard InChI is InChI=1S/C12H13ClF3NO3S/c1-6-4-17(5-7(2)20-6)21(18,19)12-9(15)3-8(14)10(13)11(12)16/h3,6-7H,4-5H2,1-2H3/t6-,7-/m1/s1. The van der Waals surface area contributed by atoms with Crippen LogP contribution in [-0.2, 0) is 14.8 Å². The number of morpholine rings is 1. The molecule has 4 nitrogen and oxygen atoms in total. The number of benzene rings is 1. The fourth-order valence-corrected chi connectivity index (χ4v) is 4.15. The summed E-state index contributed by atoms with van der Waals surface area (Å²) in [4.78, 5) is -1.24. The molecular weight excluding hydrogens is 331 g/mol. The lowest BCUT2D eigenvalue weighted by Crippen LogP contribution is -2.48. The van der Waals surface area contributed by atoms with Gasteiger partial charge in [-0.05, 0) is 13.8 Å². The fraction of sp³-hybridized carbons (Fsp3) is 0.500. The number of halogens is 4. The molecule has 1 aromatic carbocycles. The summed E-state index contributed by atoms with van der Waals surface area (Å²) in [6.45, 7) is 3.17. The van der Waals surface area contributed by atoms with Crippen molar-refractivity contribution in [2.45, 2.75) is 31.0 Å². The molecule has 1 aliphatic rings. The molecule has 9 heteroatoms. The second kappa shape index (κ2) is 5.75. The minimum Gasteiger partial charge on any atom is -0.373 e. The van der Waals surface area contributed by atoms with Gasteiger partial charge in [0.25, 0.3) is 0 Å². The summed E-state index contributed by atoms with van der Waals surface area (Å²) in [7, 11) is -4.48. The van der Waals surface area contributed by atoms with Gasteiger partial charge in [-0.15, -0.1) is 0 Å². The molecule has 21 heavy (non-hydrogen) atoms. The molecule has 1 saturated heterocycles. The maximum atomic E-state index is 13.9. The number of rotatable bonds is 2. The third-order valence-corrected chi connectivity index (χ3v) is 5.27. The van der Waals surface area contributed by atoms with Crippen LogP contribution >= 0.6 is 11.6 Å². The maximum Gasteiger partial charge on any atom is 0.249 e. The van der Waals surface area contributed by atoms with Crippen LogP contribution in [0.15, 0.2) is 11.0 Å². The first-order chi connectivity index (χ1) is 9.64. The minimum absolute atomic E-state index is 0.0550. The molecule has 0 unspecified atom stereocenters. The molecule has 1 fully saturated rings. The SMILES string of the molecule is C[C@@H]1CN(S(=O)(=O)c2c(F)cc(F)c(Cl)c2F)C[C@@H](C)O1. The van der Waals surface area contributed by atoms with Gasteiger partial charge in [0.15, 0.2) is 10.7 Å². The summed E-state index contributed by atoms with van der Waals surface area (Å²) in [5.41, 5.74) is 0. The van der Waals surface area contributed by atoms with Crippen LogP contribution in [0.3, 0.4) is 0 Å². The quantitative estimate of drug-likeness (QED) is 0.612. The van der Waals surface area contributed by atoms with Gasteiger partial charge in [-0.1, -0.05) is 11.6 Å². The third-order valence-electron chi connectivity index (χ3n) is 3.06. The minimum atomic E-state index is -4.48. The van der Waals surface area contributed by atoms with Crippen molar-refractivity contribution >= 4 is 21.6 Å². The summed E-state index contributed by atoms with van der Waals surface area (Å²) in [6, 6.07) is 0.256. The molecule has 1 heterocycles. The Morgan fingerprint density at radius 2 is 1.71 bits per heavy atom. The average Bonchev–Trinajstić information content (AvgIpc) is 2.34. The van der Waals surface area contributed by atoms with Gasteiger partial charge in [-0.25, -0.2) is 21.6 Å². The molecule has 0 aliphatic carbocycles. The van der Waals surface area contributed by atoms with Gasteiger partial charge in [-0.3, -0.25) is 0 Å². The Balaban J connectivity index is 2.52. The van der Waals surface area contributed by atoms with Gasteiger partial charge >= 0.3 is 0 Å². The van der Waals surface area contributed by atoms with Gasteiger partial charge in [0.2, 0.25) is 10.0 Å². The lowest BCUT2D eigenvalue weighted by Gasteiger charge is -2.34. The third kappa shape index (κ3) is 3.03. The Labute approximate surface area is 125 Å². The highest BCUT2D eigenvalue weighted by Gasteiger charge is 2.37. The highest BCUT2D eigenvalue weighted by atomic mass is 35.5. The van der Waals surface area contributed by atoms with Gasteiger partial charge in [0.05, 0.1) is 12.2 Å². The fourth-order valence-electron chi connectivity index (χ4n) is 2.24. The Bertz CT molecular complexity index is 658. The maximum absolute atomic E-state index is 13.9. The van der Waals surface area contributed by atoms with Crippen molar-refractivity contribution in [2.75, 3.05) is 13.1 Å². The van der Waals surface area contributed by atoms with E-state index in [1.54, 1.807) is 13.8 Å². The molecule has 0 saturated carbocycles. The average molecular weight is 344 g/mol. The zero-order chi connectivity index (χ0) is 15.9. The van der Waals surface area contributed by atoms with E-state index in [2.05, 4.69) is 0 Å². The van der Waals surface area contributed by atoms with Crippen molar-refractivity contribution in [1.82, 2.24) is 4.31 Å². The van der Waals surface area contributed by atoms with Crippen molar-refractivity contribution < 1.29 is 26.3 Å². The number of hydrogen-bond acceptors (Lipinski definition) is 3. The van der Waals surface area contributed by atoms with Crippen molar-refractivity contribution in [3.63, 3.8) is 0 Å². The lowest BCUT2D eigenvalue weighted by atomic mass is 10.3. The Kier molecular flexibility index (Phi) is 4.53. The first kappa shape index (κ1) is 16.5. The van der Waals surface area contributed by atoms with E-state index < -0.39 is 49.6 Å². The van der Waals surface area contributed by atoms with Crippen molar-refractivity contribution in [3.8, 4) is 0 Å². The van der Waals surface area contributed by atoms with E-state index in [0.717, 1.165) is 4.31 Å². The summed E-state index contributed by atoms with van der Waals surface area (Å²) >= 11 is 5.33. The normalized spacial score (nSPS) is 24.3. The highest BCUT2D eigenvalue weighted by Crippen LogP contribution is 2.31. The highest BCUT2D eigenvalue weighted by molar-refractivity contribution is 7.89. The van der Waals surface area contributed by atoms with Gasteiger partial charge in [-0.2, -0.15) is 4.31 Å². The largest absolute Gasteiger partial charge is 0.373 e. The van der Waals surface area contributed by atoms with Gasteiger partial charge < -0.3 is 4.74 Å². The second-order valence-corrected chi connectivity index (χ2v) is 7.13. The Morgan fingerprint density at radius 1 is 1.19 bits per heavy atom. The van der Waals surface area contributed by atoms with E-state index >= 15 is 0 Å². The number of ether oxygens (including phenoxy) is 1.